The standard InChI is InChI=1S/C20H25N3O2/c1-15-18(19(21-25-15)16-8-3-2-4-9-16)20(24)23-13-7-10-17(14-23)22-11-5-6-12-22/h2-4,8-9,17H,5-7,10-14H2,1H3/t17-/m1/s1. The van der Waals surface area contributed by atoms with Gasteiger partial charge in [0.2, 0.25) is 0 Å². The first-order valence-electron chi connectivity index (χ1n) is 9.29. The molecule has 1 amide bonds. The van der Waals surface area contributed by atoms with Gasteiger partial charge in [0.05, 0.1) is 0 Å². The van der Waals surface area contributed by atoms with Crippen LogP contribution in [0.1, 0.15) is 41.8 Å². The lowest BCUT2D eigenvalue weighted by Crippen LogP contribution is -2.49. The zero-order chi connectivity index (χ0) is 17.2. The fourth-order valence-electron chi connectivity index (χ4n) is 4.12. The van der Waals surface area contributed by atoms with Gasteiger partial charge in [0, 0.05) is 24.7 Å². The van der Waals surface area contributed by atoms with Crippen molar-refractivity contribution in [2.24, 2.45) is 0 Å². The molecule has 0 unspecified atom stereocenters. The van der Waals surface area contributed by atoms with E-state index in [-0.39, 0.29) is 5.91 Å². The molecule has 0 spiro atoms. The Morgan fingerprint density at radius 2 is 1.88 bits per heavy atom. The van der Waals surface area contributed by atoms with Crippen LogP contribution in [0.2, 0.25) is 0 Å². The first-order valence-corrected chi connectivity index (χ1v) is 9.29. The Morgan fingerprint density at radius 3 is 2.64 bits per heavy atom. The third-order valence-corrected chi connectivity index (χ3v) is 5.46. The quantitative estimate of drug-likeness (QED) is 0.860. The van der Waals surface area contributed by atoms with Crippen LogP contribution in [-0.2, 0) is 0 Å². The highest BCUT2D eigenvalue weighted by Crippen LogP contribution is 2.28. The van der Waals surface area contributed by atoms with Gasteiger partial charge in [-0.3, -0.25) is 9.69 Å². The molecule has 2 saturated heterocycles. The molecule has 0 bridgehead atoms. The third-order valence-electron chi connectivity index (χ3n) is 5.46. The maximum Gasteiger partial charge on any atom is 0.259 e. The normalized spacial score (nSPS) is 21.6. The van der Waals surface area contributed by atoms with E-state index in [1.165, 1.54) is 32.4 Å². The molecule has 1 aromatic heterocycles. The molecular formula is C20H25N3O2. The zero-order valence-corrected chi connectivity index (χ0v) is 14.8. The molecule has 25 heavy (non-hydrogen) atoms. The molecule has 1 atom stereocenters. The minimum atomic E-state index is 0.0569. The number of aryl methyl sites for hydroxylation is 1. The minimum Gasteiger partial charge on any atom is -0.360 e. The Hall–Kier alpha value is -2.14. The van der Waals surface area contributed by atoms with Crippen molar-refractivity contribution in [3.63, 3.8) is 0 Å². The molecule has 0 radical (unpaired) electrons. The highest BCUT2D eigenvalue weighted by atomic mass is 16.5. The first-order chi connectivity index (χ1) is 12.2. The van der Waals surface area contributed by atoms with Crippen molar-refractivity contribution in [2.75, 3.05) is 26.2 Å². The Kier molecular flexibility index (Phi) is 4.57. The Bertz CT molecular complexity index is 735. The third kappa shape index (κ3) is 3.21. The lowest BCUT2D eigenvalue weighted by Gasteiger charge is -2.37. The second-order valence-electron chi connectivity index (χ2n) is 7.12. The van der Waals surface area contributed by atoms with Crippen LogP contribution in [0.15, 0.2) is 34.9 Å². The predicted molar refractivity (Wildman–Crippen MR) is 96.4 cm³/mol. The highest BCUT2D eigenvalue weighted by Gasteiger charge is 2.32. The summed E-state index contributed by atoms with van der Waals surface area (Å²) in [5.74, 6) is 0.661. The fourth-order valence-corrected chi connectivity index (χ4v) is 4.12. The summed E-state index contributed by atoms with van der Waals surface area (Å²) in [5, 5.41) is 4.17. The molecule has 0 N–H and O–H groups in total. The molecule has 0 saturated carbocycles. The number of piperidine rings is 1. The molecule has 2 aromatic rings. The summed E-state index contributed by atoms with van der Waals surface area (Å²) in [6, 6.07) is 10.3. The van der Waals surface area contributed by atoms with Crippen molar-refractivity contribution in [1.29, 1.82) is 0 Å². The van der Waals surface area contributed by atoms with E-state index in [4.69, 9.17) is 4.52 Å². The van der Waals surface area contributed by atoms with Crippen LogP contribution in [0.25, 0.3) is 11.3 Å². The maximum atomic E-state index is 13.2. The molecule has 4 rings (SSSR count). The largest absolute Gasteiger partial charge is 0.360 e. The predicted octanol–water partition coefficient (Wildman–Crippen LogP) is 3.35. The minimum absolute atomic E-state index is 0.0569. The summed E-state index contributed by atoms with van der Waals surface area (Å²) >= 11 is 0. The van der Waals surface area contributed by atoms with Gasteiger partial charge in [-0.2, -0.15) is 0 Å². The Balaban J connectivity index is 1.57. The highest BCUT2D eigenvalue weighted by molar-refractivity contribution is 6.00. The summed E-state index contributed by atoms with van der Waals surface area (Å²) in [6.07, 6.45) is 4.83. The molecule has 2 aliphatic rings. The summed E-state index contributed by atoms with van der Waals surface area (Å²) in [7, 11) is 0. The number of rotatable bonds is 3. The summed E-state index contributed by atoms with van der Waals surface area (Å²) < 4.78 is 5.38. The Labute approximate surface area is 148 Å². The van der Waals surface area contributed by atoms with Gasteiger partial charge in [-0.15, -0.1) is 0 Å². The van der Waals surface area contributed by atoms with E-state index in [1.54, 1.807) is 0 Å². The molecule has 5 heteroatoms. The van der Waals surface area contributed by atoms with E-state index in [1.807, 2.05) is 42.2 Å². The van der Waals surface area contributed by atoms with E-state index >= 15 is 0 Å². The van der Waals surface area contributed by atoms with Gasteiger partial charge in [0.15, 0.2) is 0 Å². The molecular weight excluding hydrogens is 314 g/mol. The summed E-state index contributed by atoms with van der Waals surface area (Å²) in [4.78, 5) is 17.8. The van der Waals surface area contributed by atoms with Gasteiger partial charge in [0.25, 0.3) is 5.91 Å². The van der Waals surface area contributed by atoms with Crippen molar-refractivity contribution in [3.05, 3.63) is 41.7 Å². The van der Waals surface area contributed by atoms with E-state index < -0.39 is 0 Å². The van der Waals surface area contributed by atoms with Gasteiger partial charge in [-0.25, -0.2) is 0 Å². The van der Waals surface area contributed by atoms with E-state index in [2.05, 4.69) is 10.1 Å². The van der Waals surface area contributed by atoms with E-state index in [0.717, 1.165) is 25.1 Å². The molecule has 0 aliphatic carbocycles. The summed E-state index contributed by atoms with van der Waals surface area (Å²) in [6.45, 7) is 5.82. The van der Waals surface area contributed by atoms with Crippen molar-refractivity contribution < 1.29 is 9.32 Å². The molecule has 132 valence electrons. The topological polar surface area (TPSA) is 49.6 Å². The van der Waals surface area contributed by atoms with Crippen molar-refractivity contribution in [3.8, 4) is 11.3 Å². The monoisotopic (exact) mass is 339 g/mol. The van der Waals surface area contributed by atoms with E-state index in [0.29, 0.717) is 23.1 Å². The van der Waals surface area contributed by atoms with Gasteiger partial charge >= 0.3 is 0 Å². The summed E-state index contributed by atoms with van der Waals surface area (Å²) in [5.41, 5.74) is 2.20. The lowest BCUT2D eigenvalue weighted by molar-refractivity contribution is 0.0607. The SMILES string of the molecule is Cc1onc(-c2ccccc2)c1C(=O)N1CCC[C@@H](N2CCCC2)C1. The van der Waals surface area contributed by atoms with Crippen molar-refractivity contribution >= 4 is 5.91 Å². The first kappa shape index (κ1) is 16.3. The van der Waals surface area contributed by atoms with Gasteiger partial charge in [-0.05, 0) is 45.7 Å². The van der Waals surface area contributed by atoms with Crippen molar-refractivity contribution in [2.45, 2.75) is 38.6 Å². The number of nitrogens with zero attached hydrogens (tertiary/aromatic N) is 3. The van der Waals surface area contributed by atoms with Crippen LogP contribution in [0.5, 0.6) is 0 Å². The second-order valence-corrected chi connectivity index (χ2v) is 7.12. The molecule has 5 nitrogen and oxygen atoms in total. The number of hydrogen-bond donors (Lipinski definition) is 0. The number of amides is 1. The number of aromatic nitrogens is 1. The molecule has 3 heterocycles. The lowest BCUT2D eigenvalue weighted by atomic mass is 10.0. The zero-order valence-electron chi connectivity index (χ0n) is 14.8. The van der Waals surface area contributed by atoms with Gasteiger partial charge in [0.1, 0.15) is 17.0 Å². The van der Waals surface area contributed by atoms with Gasteiger partial charge < -0.3 is 9.42 Å². The van der Waals surface area contributed by atoms with E-state index in [9.17, 15) is 4.79 Å². The maximum absolute atomic E-state index is 13.2. The fraction of sp³-hybridized carbons (Fsp3) is 0.500. The average molecular weight is 339 g/mol. The van der Waals surface area contributed by atoms with Crippen LogP contribution >= 0.6 is 0 Å². The molecule has 1 aromatic carbocycles. The smallest absolute Gasteiger partial charge is 0.259 e. The van der Waals surface area contributed by atoms with Crippen LogP contribution in [-0.4, -0.2) is 53.1 Å². The number of hydrogen-bond acceptors (Lipinski definition) is 4. The van der Waals surface area contributed by atoms with Crippen LogP contribution in [0.4, 0.5) is 0 Å². The average Bonchev–Trinajstić information content (AvgIpc) is 3.32. The van der Waals surface area contributed by atoms with Crippen molar-refractivity contribution in [1.82, 2.24) is 15.0 Å². The molecule has 2 aliphatic heterocycles. The number of likely N-dealkylation sites (tertiary alicyclic amines) is 2. The van der Waals surface area contributed by atoms with Crippen LogP contribution < -0.4 is 0 Å². The number of carbonyl (C=O) groups is 1. The number of benzene rings is 1. The molecule has 2 fully saturated rings. The van der Waals surface area contributed by atoms with Crippen LogP contribution in [0.3, 0.4) is 0 Å². The number of carbonyl (C=O) groups excluding carboxylic acids is 1. The Morgan fingerprint density at radius 1 is 1.12 bits per heavy atom. The van der Waals surface area contributed by atoms with Gasteiger partial charge in [-0.1, -0.05) is 35.5 Å². The van der Waals surface area contributed by atoms with Crippen LogP contribution in [0, 0.1) is 6.92 Å². The second kappa shape index (κ2) is 7.00.